The third-order valence-electron chi connectivity index (χ3n) is 4.87. The van der Waals surface area contributed by atoms with Crippen molar-refractivity contribution in [1.29, 1.82) is 0 Å². The van der Waals surface area contributed by atoms with Gasteiger partial charge in [0, 0.05) is 0 Å². The van der Waals surface area contributed by atoms with Crippen molar-refractivity contribution in [2.24, 2.45) is 0 Å². The van der Waals surface area contributed by atoms with E-state index in [9.17, 15) is 9.59 Å². The molecule has 0 aromatic heterocycles. The lowest BCUT2D eigenvalue weighted by atomic mass is 10.0. The molecular weight excluding hydrogens is 330 g/mol. The molecule has 0 saturated carbocycles. The van der Waals surface area contributed by atoms with E-state index < -0.39 is 0 Å². The molecule has 1 fully saturated rings. The first-order chi connectivity index (χ1) is 11.8. The largest absolute Gasteiger partial charge is 0.298 e. The van der Waals surface area contributed by atoms with Crippen LogP contribution in [0.3, 0.4) is 0 Å². The predicted octanol–water partition coefficient (Wildman–Crippen LogP) is 5.55. The summed E-state index contributed by atoms with van der Waals surface area (Å²) in [6.07, 6.45) is 0. The normalized spacial score (nSPS) is 16.6. The topological polar surface area (TPSA) is 37.4 Å². The van der Waals surface area contributed by atoms with Crippen LogP contribution in [0, 0.1) is 27.7 Å². The zero-order valence-electron chi connectivity index (χ0n) is 15.1. The van der Waals surface area contributed by atoms with Crippen LogP contribution in [0.2, 0.25) is 0 Å². The molecule has 2 aromatic carbocycles. The molecule has 0 aliphatic carbocycles. The van der Waals surface area contributed by atoms with E-state index >= 15 is 0 Å². The fourth-order valence-corrected chi connectivity index (χ4v) is 3.79. The summed E-state index contributed by atoms with van der Waals surface area (Å²) >= 11 is 1.02. The molecule has 0 spiro atoms. The number of allylic oxidation sites excluding steroid dienone is 1. The van der Waals surface area contributed by atoms with E-state index in [0.29, 0.717) is 10.6 Å². The smallest absolute Gasteiger partial charge is 0.268 e. The molecule has 0 N–H and O–H groups in total. The number of hydrogen-bond donors (Lipinski definition) is 0. The molecule has 4 heteroatoms. The molecule has 3 rings (SSSR count). The van der Waals surface area contributed by atoms with Crippen molar-refractivity contribution in [3.63, 3.8) is 0 Å². The minimum Gasteiger partial charge on any atom is -0.268 e. The first-order valence-corrected chi connectivity index (χ1v) is 9.04. The van der Waals surface area contributed by atoms with Gasteiger partial charge >= 0.3 is 0 Å². The second kappa shape index (κ2) is 6.52. The number of aryl methyl sites for hydroxylation is 3. The van der Waals surface area contributed by atoms with Gasteiger partial charge in [0.15, 0.2) is 0 Å². The minimum absolute atomic E-state index is 0.237. The molecular formula is C21H21NO2S. The van der Waals surface area contributed by atoms with Crippen molar-refractivity contribution in [3.8, 4) is 0 Å². The van der Waals surface area contributed by atoms with Gasteiger partial charge in [-0.3, -0.25) is 9.59 Å². The summed E-state index contributed by atoms with van der Waals surface area (Å²) in [4.78, 5) is 27.3. The van der Waals surface area contributed by atoms with Crippen LogP contribution in [0.5, 0.6) is 0 Å². The summed E-state index contributed by atoms with van der Waals surface area (Å²) in [7, 11) is 0. The highest BCUT2D eigenvalue weighted by atomic mass is 32.2. The van der Waals surface area contributed by atoms with E-state index in [0.717, 1.165) is 34.0 Å². The van der Waals surface area contributed by atoms with Crippen LogP contribution in [-0.2, 0) is 4.79 Å². The van der Waals surface area contributed by atoms with Gasteiger partial charge in [0.25, 0.3) is 11.1 Å². The molecule has 0 unspecified atom stereocenters. The fraction of sp³-hybridized carbons (Fsp3) is 0.238. The number of carbonyl (C=O) groups is 2. The van der Waals surface area contributed by atoms with Crippen LogP contribution in [-0.4, -0.2) is 11.1 Å². The van der Waals surface area contributed by atoms with Crippen molar-refractivity contribution in [1.82, 2.24) is 0 Å². The Hall–Kier alpha value is -2.33. The van der Waals surface area contributed by atoms with Crippen molar-refractivity contribution in [2.45, 2.75) is 34.6 Å². The van der Waals surface area contributed by atoms with Crippen LogP contribution < -0.4 is 4.90 Å². The maximum absolute atomic E-state index is 13.0. The summed E-state index contributed by atoms with van der Waals surface area (Å²) in [6.45, 7) is 9.93. The molecule has 2 aromatic rings. The molecule has 25 heavy (non-hydrogen) atoms. The number of nitrogens with zero attached hydrogens (tertiary/aromatic N) is 1. The number of thioether (sulfide) groups is 1. The highest BCUT2D eigenvalue weighted by molar-refractivity contribution is 8.19. The van der Waals surface area contributed by atoms with Gasteiger partial charge in [0.1, 0.15) is 0 Å². The molecule has 1 heterocycles. The summed E-state index contributed by atoms with van der Waals surface area (Å²) < 4.78 is 0. The van der Waals surface area contributed by atoms with Crippen molar-refractivity contribution in [2.75, 3.05) is 4.90 Å². The Balaban J connectivity index is 2.06. The Morgan fingerprint density at radius 1 is 0.920 bits per heavy atom. The van der Waals surface area contributed by atoms with E-state index in [1.807, 2.05) is 58.0 Å². The van der Waals surface area contributed by atoms with Crippen LogP contribution in [0.15, 0.2) is 41.3 Å². The number of amides is 2. The number of carbonyl (C=O) groups excluding carboxylic acids is 2. The Kier molecular flexibility index (Phi) is 4.56. The number of imide groups is 1. The third-order valence-corrected chi connectivity index (χ3v) is 5.91. The lowest BCUT2D eigenvalue weighted by molar-refractivity contribution is -0.113. The van der Waals surface area contributed by atoms with Gasteiger partial charge in [-0.15, -0.1) is 0 Å². The van der Waals surface area contributed by atoms with Crippen LogP contribution in [0.25, 0.3) is 5.57 Å². The highest BCUT2D eigenvalue weighted by Crippen LogP contribution is 2.40. The standard InChI is InChI=1S/C21H21NO2S/c1-12-9-10-17(11-14(12)3)16(5)19-20(23)22(21(24)25-19)18-8-6-7-13(2)15(18)4/h6-11H,1-5H3/b19-16-. The third kappa shape index (κ3) is 3.02. The zero-order chi connectivity index (χ0) is 18.3. The molecule has 0 atom stereocenters. The van der Waals surface area contributed by atoms with Crippen LogP contribution in [0.4, 0.5) is 10.5 Å². The molecule has 0 bridgehead atoms. The highest BCUT2D eigenvalue weighted by Gasteiger charge is 2.38. The Morgan fingerprint density at radius 2 is 1.64 bits per heavy atom. The maximum Gasteiger partial charge on any atom is 0.298 e. The number of hydrogen-bond acceptors (Lipinski definition) is 3. The van der Waals surface area contributed by atoms with E-state index in [4.69, 9.17) is 0 Å². The summed E-state index contributed by atoms with van der Waals surface area (Å²) in [5.74, 6) is -0.237. The van der Waals surface area contributed by atoms with Crippen LogP contribution >= 0.6 is 11.8 Å². The van der Waals surface area contributed by atoms with E-state index in [2.05, 4.69) is 13.0 Å². The SMILES string of the molecule is C/C(=C1/SC(=O)N(c2cccc(C)c2C)C1=O)c1ccc(C)c(C)c1. The quantitative estimate of drug-likeness (QED) is 0.666. The average molecular weight is 351 g/mol. The van der Waals surface area contributed by atoms with Gasteiger partial charge in [-0.1, -0.05) is 30.3 Å². The van der Waals surface area contributed by atoms with Crippen molar-refractivity contribution < 1.29 is 9.59 Å². The second-order valence-electron chi connectivity index (χ2n) is 6.48. The predicted molar refractivity (Wildman–Crippen MR) is 105 cm³/mol. The molecule has 3 nitrogen and oxygen atoms in total. The van der Waals surface area contributed by atoms with E-state index in [1.165, 1.54) is 16.0 Å². The van der Waals surface area contributed by atoms with Gasteiger partial charge in [0.05, 0.1) is 10.6 Å². The van der Waals surface area contributed by atoms with E-state index in [1.54, 1.807) is 0 Å². The lowest BCUT2D eigenvalue weighted by Gasteiger charge is -2.17. The van der Waals surface area contributed by atoms with Crippen LogP contribution in [0.1, 0.15) is 34.7 Å². The van der Waals surface area contributed by atoms with Gasteiger partial charge in [-0.2, -0.15) is 0 Å². The number of benzene rings is 2. The minimum atomic E-state index is -0.239. The van der Waals surface area contributed by atoms with Gasteiger partial charge in [0.2, 0.25) is 0 Å². The fourth-order valence-electron chi connectivity index (χ4n) is 2.89. The zero-order valence-corrected chi connectivity index (χ0v) is 16.0. The Bertz CT molecular complexity index is 927. The number of anilines is 1. The van der Waals surface area contributed by atoms with E-state index in [-0.39, 0.29) is 11.1 Å². The number of rotatable bonds is 2. The Morgan fingerprint density at radius 3 is 2.32 bits per heavy atom. The first-order valence-electron chi connectivity index (χ1n) is 8.22. The summed E-state index contributed by atoms with van der Waals surface area (Å²) in [6, 6.07) is 11.8. The molecule has 1 aliphatic rings. The average Bonchev–Trinajstić information content (AvgIpc) is 2.87. The molecule has 2 amide bonds. The molecule has 1 saturated heterocycles. The monoisotopic (exact) mass is 351 g/mol. The lowest BCUT2D eigenvalue weighted by Crippen LogP contribution is -2.28. The molecule has 128 valence electrons. The Labute approximate surface area is 152 Å². The van der Waals surface area contributed by atoms with Gasteiger partial charge in [-0.25, -0.2) is 4.90 Å². The van der Waals surface area contributed by atoms with Crippen molar-refractivity contribution in [3.05, 3.63) is 69.1 Å². The summed E-state index contributed by atoms with van der Waals surface area (Å²) in [5.41, 5.74) is 6.89. The first kappa shape index (κ1) is 17.5. The van der Waals surface area contributed by atoms with Gasteiger partial charge in [-0.05, 0) is 85.8 Å². The van der Waals surface area contributed by atoms with Crippen molar-refractivity contribution >= 4 is 34.2 Å². The molecule has 1 aliphatic heterocycles. The summed E-state index contributed by atoms with van der Waals surface area (Å²) in [5, 5.41) is -0.239. The molecule has 0 radical (unpaired) electrons. The van der Waals surface area contributed by atoms with Gasteiger partial charge < -0.3 is 0 Å². The maximum atomic E-state index is 13.0. The second-order valence-corrected chi connectivity index (χ2v) is 7.44.